The largest absolute Gasteiger partial charge is 0.388 e. The van der Waals surface area contributed by atoms with E-state index >= 15 is 0 Å². The van der Waals surface area contributed by atoms with Crippen LogP contribution in [0.2, 0.25) is 0 Å². The summed E-state index contributed by atoms with van der Waals surface area (Å²) in [5.74, 6) is -0.134. The summed E-state index contributed by atoms with van der Waals surface area (Å²) in [6.07, 6.45) is 1.70. The van der Waals surface area contributed by atoms with Crippen LogP contribution in [0.15, 0.2) is 60.8 Å². The molecule has 4 nitrogen and oxygen atoms in total. The Kier molecular flexibility index (Phi) is 4.44. The molecule has 2 aromatic carbocycles. The smallest absolute Gasteiger partial charge is 0.253 e. The summed E-state index contributed by atoms with van der Waals surface area (Å²) in [5.41, 5.74) is 2.31. The number of rotatable bonds is 5. The van der Waals surface area contributed by atoms with E-state index in [1.807, 2.05) is 61.7 Å². The fraction of sp³-hybridized carbons (Fsp3) is 0.211. The number of carbonyl (C=O) groups is 1. The van der Waals surface area contributed by atoms with Crippen molar-refractivity contribution in [3.8, 4) is 0 Å². The van der Waals surface area contributed by atoms with E-state index in [4.69, 9.17) is 0 Å². The molecule has 3 N–H and O–H groups in total. The Labute approximate surface area is 135 Å². The quantitative estimate of drug-likeness (QED) is 0.676. The summed E-state index contributed by atoms with van der Waals surface area (Å²) in [7, 11) is 0. The molecular weight excluding hydrogens is 288 g/mol. The molecule has 1 amide bonds. The van der Waals surface area contributed by atoms with Crippen LogP contribution in [0, 0.1) is 0 Å². The van der Waals surface area contributed by atoms with Gasteiger partial charge in [0.1, 0.15) is 0 Å². The van der Waals surface area contributed by atoms with E-state index < -0.39 is 6.10 Å². The number of fused-ring (bicyclic) bond motifs is 1. The summed E-state index contributed by atoms with van der Waals surface area (Å²) < 4.78 is 0. The van der Waals surface area contributed by atoms with E-state index in [0.717, 1.165) is 16.5 Å². The van der Waals surface area contributed by atoms with Gasteiger partial charge in [-0.15, -0.1) is 0 Å². The molecule has 1 heterocycles. The Morgan fingerprint density at radius 2 is 1.91 bits per heavy atom. The SMILES string of the molecule is C[C@@H](C[C@@H](O)c1ccccc1)NC(=O)c1cccc2cc[nH]c12. The van der Waals surface area contributed by atoms with Crippen molar-refractivity contribution in [3.63, 3.8) is 0 Å². The van der Waals surface area contributed by atoms with Crippen molar-refractivity contribution >= 4 is 16.8 Å². The van der Waals surface area contributed by atoms with E-state index in [1.54, 1.807) is 6.07 Å². The van der Waals surface area contributed by atoms with Gasteiger partial charge in [0.15, 0.2) is 0 Å². The Morgan fingerprint density at radius 1 is 1.13 bits per heavy atom. The lowest BCUT2D eigenvalue weighted by Gasteiger charge is -2.18. The van der Waals surface area contributed by atoms with Crippen molar-refractivity contribution in [1.82, 2.24) is 10.3 Å². The third-order valence-corrected chi connectivity index (χ3v) is 3.97. The Morgan fingerprint density at radius 3 is 2.70 bits per heavy atom. The van der Waals surface area contributed by atoms with Crippen LogP contribution in [0.25, 0.3) is 10.9 Å². The first kappa shape index (κ1) is 15.3. The lowest BCUT2D eigenvalue weighted by Crippen LogP contribution is -2.33. The number of benzene rings is 2. The minimum absolute atomic E-state index is 0.134. The number of aliphatic hydroxyl groups is 1. The standard InChI is InChI=1S/C19H20N2O2/c1-13(12-17(22)14-6-3-2-4-7-14)21-19(23)16-9-5-8-15-10-11-20-18(15)16/h2-11,13,17,20,22H,12H2,1H3,(H,21,23)/t13-,17+/m0/s1. The summed E-state index contributed by atoms with van der Waals surface area (Å²) in [4.78, 5) is 15.6. The number of para-hydroxylation sites is 1. The van der Waals surface area contributed by atoms with Crippen LogP contribution >= 0.6 is 0 Å². The van der Waals surface area contributed by atoms with Gasteiger partial charge in [-0.25, -0.2) is 0 Å². The molecule has 0 saturated heterocycles. The number of amides is 1. The van der Waals surface area contributed by atoms with Crippen LogP contribution < -0.4 is 5.32 Å². The molecule has 4 heteroatoms. The minimum atomic E-state index is -0.590. The Balaban J connectivity index is 1.67. The van der Waals surface area contributed by atoms with Gasteiger partial charge in [0.25, 0.3) is 5.91 Å². The molecule has 2 atom stereocenters. The molecule has 118 valence electrons. The van der Waals surface area contributed by atoms with E-state index in [0.29, 0.717) is 12.0 Å². The van der Waals surface area contributed by atoms with Crippen molar-refractivity contribution in [3.05, 3.63) is 71.9 Å². The third kappa shape index (κ3) is 3.43. The second-order valence-corrected chi connectivity index (χ2v) is 5.78. The van der Waals surface area contributed by atoms with Gasteiger partial charge < -0.3 is 15.4 Å². The first-order valence-electron chi connectivity index (χ1n) is 7.75. The van der Waals surface area contributed by atoms with Gasteiger partial charge in [-0.05, 0) is 31.0 Å². The highest BCUT2D eigenvalue weighted by Crippen LogP contribution is 2.19. The summed E-state index contributed by atoms with van der Waals surface area (Å²) >= 11 is 0. The number of hydrogen-bond donors (Lipinski definition) is 3. The predicted octanol–water partition coefficient (Wildman–Crippen LogP) is 3.41. The zero-order valence-electron chi connectivity index (χ0n) is 13.0. The van der Waals surface area contributed by atoms with Gasteiger partial charge in [0, 0.05) is 17.6 Å². The van der Waals surface area contributed by atoms with Crippen LogP contribution in [0.1, 0.15) is 35.4 Å². The number of carbonyl (C=O) groups excluding carboxylic acids is 1. The molecule has 3 aromatic rings. The minimum Gasteiger partial charge on any atom is -0.388 e. The topological polar surface area (TPSA) is 65.1 Å². The lowest BCUT2D eigenvalue weighted by atomic mass is 10.0. The monoisotopic (exact) mass is 308 g/mol. The predicted molar refractivity (Wildman–Crippen MR) is 91.2 cm³/mol. The van der Waals surface area contributed by atoms with Crippen LogP contribution in [0.4, 0.5) is 0 Å². The van der Waals surface area contributed by atoms with Crippen molar-refractivity contribution in [2.75, 3.05) is 0 Å². The van der Waals surface area contributed by atoms with Gasteiger partial charge >= 0.3 is 0 Å². The fourth-order valence-corrected chi connectivity index (χ4v) is 2.78. The number of aromatic amines is 1. The maximum atomic E-state index is 12.5. The molecule has 0 aliphatic rings. The van der Waals surface area contributed by atoms with Gasteiger partial charge in [-0.3, -0.25) is 4.79 Å². The molecule has 3 rings (SSSR count). The van der Waals surface area contributed by atoms with Crippen molar-refractivity contribution < 1.29 is 9.90 Å². The number of aliphatic hydroxyl groups excluding tert-OH is 1. The highest BCUT2D eigenvalue weighted by atomic mass is 16.3. The normalized spacial score (nSPS) is 13.7. The van der Waals surface area contributed by atoms with Crippen molar-refractivity contribution in [1.29, 1.82) is 0 Å². The zero-order valence-corrected chi connectivity index (χ0v) is 13.0. The Hall–Kier alpha value is -2.59. The summed E-state index contributed by atoms with van der Waals surface area (Å²) in [5, 5.41) is 14.2. The lowest BCUT2D eigenvalue weighted by molar-refractivity contribution is 0.0918. The maximum absolute atomic E-state index is 12.5. The molecule has 0 aliphatic heterocycles. The van der Waals surface area contributed by atoms with Gasteiger partial charge in [0.2, 0.25) is 0 Å². The van der Waals surface area contributed by atoms with Crippen molar-refractivity contribution in [2.45, 2.75) is 25.5 Å². The number of nitrogens with one attached hydrogen (secondary N) is 2. The van der Waals surface area contributed by atoms with Gasteiger partial charge in [-0.2, -0.15) is 0 Å². The average molecular weight is 308 g/mol. The summed E-state index contributed by atoms with van der Waals surface area (Å²) in [6, 6.07) is 16.9. The number of hydrogen-bond acceptors (Lipinski definition) is 2. The van der Waals surface area contributed by atoms with E-state index in [-0.39, 0.29) is 11.9 Å². The van der Waals surface area contributed by atoms with Gasteiger partial charge in [-0.1, -0.05) is 42.5 Å². The molecule has 1 aromatic heterocycles. The van der Waals surface area contributed by atoms with Crippen LogP contribution in [-0.4, -0.2) is 22.0 Å². The number of aromatic nitrogens is 1. The molecule has 23 heavy (non-hydrogen) atoms. The average Bonchev–Trinajstić information content (AvgIpc) is 3.03. The molecular formula is C19H20N2O2. The maximum Gasteiger partial charge on any atom is 0.253 e. The van der Waals surface area contributed by atoms with E-state index in [9.17, 15) is 9.90 Å². The molecule has 0 fully saturated rings. The highest BCUT2D eigenvalue weighted by Gasteiger charge is 2.16. The van der Waals surface area contributed by atoms with Crippen LogP contribution in [-0.2, 0) is 0 Å². The first-order chi connectivity index (χ1) is 11.1. The fourth-order valence-electron chi connectivity index (χ4n) is 2.78. The third-order valence-electron chi connectivity index (χ3n) is 3.97. The zero-order chi connectivity index (χ0) is 16.2. The molecule has 0 bridgehead atoms. The highest BCUT2D eigenvalue weighted by molar-refractivity contribution is 6.05. The molecule has 0 saturated carbocycles. The summed E-state index contributed by atoms with van der Waals surface area (Å²) in [6.45, 7) is 1.90. The second kappa shape index (κ2) is 6.67. The molecule has 0 radical (unpaired) electrons. The molecule has 0 spiro atoms. The first-order valence-corrected chi connectivity index (χ1v) is 7.75. The van der Waals surface area contributed by atoms with Crippen LogP contribution in [0.3, 0.4) is 0 Å². The van der Waals surface area contributed by atoms with Crippen molar-refractivity contribution in [2.24, 2.45) is 0 Å². The van der Waals surface area contributed by atoms with Gasteiger partial charge in [0.05, 0.1) is 17.2 Å². The molecule has 0 aliphatic carbocycles. The van der Waals surface area contributed by atoms with E-state index in [1.165, 1.54) is 0 Å². The second-order valence-electron chi connectivity index (χ2n) is 5.78. The molecule has 0 unspecified atom stereocenters. The number of H-pyrrole nitrogens is 1. The van der Waals surface area contributed by atoms with E-state index in [2.05, 4.69) is 10.3 Å². The van der Waals surface area contributed by atoms with Crippen LogP contribution in [0.5, 0.6) is 0 Å². The Bertz CT molecular complexity index is 795.